The molecular weight excluding hydrogens is 297 g/mol. The SMILES string of the molecule is O=C(O)N1CC2OCCN(c3ccc([N+](=O)[O-])cc3F)C2C1. The minimum absolute atomic E-state index is 0.219. The standard InChI is InChI=1S/C13H14FN3O5/c14-9-5-8(17(20)21)1-2-10(9)16-3-4-22-12-7-15(13(18)19)6-11(12)16/h1-2,5,11-12H,3-4,6-7H2,(H,18,19). The Morgan fingerprint density at radius 2 is 2.23 bits per heavy atom. The van der Waals surface area contributed by atoms with Crippen LogP contribution in [0.3, 0.4) is 0 Å². The number of hydrogen-bond acceptors (Lipinski definition) is 5. The number of nitro benzene ring substituents is 1. The number of non-ortho nitro benzene ring substituents is 1. The second-order valence-electron chi connectivity index (χ2n) is 5.25. The summed E-state index contributed by atoms with van der Waals surface area (Å²) in [7, 11) is 0. The fraction of sp³-hybridized carbons (Fsp3) is 0.462. The molecule has 1 N–H and O–H groups in total. The molecule has 2 fully saturated rings. The van der Waals surface area contributed by atoms with E-state index in [0.29, 0.717) is 13.2 Å². The quantitative estimate of drug-likeness (QED) is 0.653. The first-order chi connectivity index (χ1) is 10.5. The van der Waals surface area contributed by atoms with Crippen molar-refractivity contribution in [3.8, 4) is 0 Å². The van der Waals surface area contributed by atoms with E-state index in [1.54, 1.807) is 4.90 Å². The maximum absolute atomic E-state index is 14.2. The molecule has 2 heterocycles. The smallest absolute Gasteiger partial charge is 0.407 e. The zero-order valence-electron chi connectivity index (χ0n) is 11.5. The lowest BCUT2D eigenvalue weighted by Crippen LogP contribution is -2.51. The summed E-state index contributed by atoms with van der Waals surface area (Å²) in [6.07, 6.45) is -1.36. The minimum atomic E-state index is -1.04. The molecule has 8 nitrogen and oxygen atoms in total. The van der Waals surface area contributed by atoms with Crippen LogP contribution in [0.4, 0.5) is 20.6 Å². The molecule has 0 radical (unpaired) electrons. The highest BCUT2D eigenvalue weighted by Crippen LogP contribution is 2.31. The van der Waals surface area contributed by atoms with E-state index in [0.717, 1.165) is 6.07 Å². The number of halogens is 1. The lowest BCUT2D eigenvalue weighted by molar-refractivity contribution is -0.385. The lowest BCUT2D eigenvalue weighted by atomic mass is 10.1. The molecule has 0 aromatic heterocycles. The van der Waals surface area contributed by atoms with Crippen LogP contribution in [0.15, 0.2) is 18.2 Å². The summed E-state index contributed by atoms with van der Waals surface area (Å²) in [5.74, 6) is -0.691. The van der Waals surface area contributed by atoms with Gasteiger partial charge in [-0.2, -0.15) is 0 Å². The first-order valence-electron chi connectivity index (χ1n) is 6.77. The summed E-state index contributed by atoms with van der Waals surface area (Å²) in [6.45, 7) is 1.22. The van der Waals surface area contributed by atoms with Crippen LogP contribution in [0.5, 0.6) is 0 Å². The monoisotopic (exact) mass is 311 g/mol. The Hall–Kier alpha value is -2.42. The van der Waals surface area contributed by atoms with Crippen LogP contribution in [-0.4, -0.2) is 59.4 Å². The molecule has 3 rings (SSSR count). The number of carboxylic acid groups (broad SMARTS) is 1. The number of anilines is 1. The Morgan fingerprint density at radius 3 is 2.86 bits per heavy atom. The van der Waals surface area contributed by atoms with Gasteiger partial charge in [0.1, 0.15) is 0 Å². The summed E-state index contributed by atoms with van der Waals surface area (Å²) in [4.78, 5) is 24.1. The summed E-state index contributed by atoms with van der Waals surface area (Å²) >= 11 is 0. The Morgan fingerprint density at radius 1 is 1.45 bits per heavy atom. The van der Waals surface area contributed by atoms with Crippen LogP contribution in [0, 0.1) is 15.9 Å². The van der Waals surface area contributed by atoms with E-state index in [9.17, 15) is 19.3 Å². The van der Waals surface area contributed by atoms with Crippen LogP contribution >= 0.6 is 0 Å². The van der Waals surface area contributed by atoms with Gasteiger partial charge >= 0.3 is 6.09 Å². The minimum Gasteiger partial charge on any atom is -0.465 e. The van der Waals surface area contributed by atoms with E-state index in [-0.39, 0.29) is 36.6 Å². The van der Waals surface area contributed by atoms with Crippen molar-refractivity contribution in [2.75, 3.05) is 31.1 Å². The van der Waals surface area contributed by atoms with Gasteiger partial charge in [0.05, 0.1) is 42.0 Å². The van der Waals surface area contributed by atoms with Crippen molar-refractivity contribution in [3.05, 3.63) is 34.1 Å². The van der Waals surface area contributed by atoms with Gasteiger partial charge in [0.15, 0.2) is 5.82 Å². The van der Waals surface area contributed by atoms with Crippen LogP contribution < -0.4 is 4.90 Å². The molecule has 22 heavy (non-hydrogen) atoms. The Kier molecular flexibility index (Phi) is 3.57. The molecule has 2 unspecified atom stereocenters. The molecule has 0 aliphatic carbocycles. The van der Waals surface area contributed by atoms with Crippen molar-refractivity contribution in [2.24, 2.45) is 0 Å². The predicted octanol–water partition coefficient (Wildman–Crippen LogP) is 1.30. The molecule has 0 saturated carbocycles. The molecule has 1 amide bonds. The molecule has 2 aliphatic heterocycles. The Bertz CT molecular complexity index is 626. The van der Waals surface area contributed by atoms with Crippen molar-refractivity contribution in [2.45, 2.75) is 12.1 Å². The molecule has 2 saturated heterocycles. The molecule has 0 bridgehead atoms. The molecule has 1 aromatic rings. The molecule has 2 atom stereocenters. The van der Waals surface area contributed by atoms with E-state index >= 15 is 0 Å². The highest BCUT2D eigenvalue weighted by molar-refractivity contribution is 5.66. The van der Waals surface area contributed by atoms with Gasteiger partial charge in [-0.05, 0) is 6.07 Å². The zero-order valence-corrected chi connectivity index (χ0v) is 11.5. The number of nitrogens with zero attached hydrogens (tertiary/aromatic N) is 3. The van der Waals surface area contributed by atoms with E-state index in [1.807, 2.05) is 0 Å². The van der Waals surface area contributed by atoms with E-state index in [1.165, 1.54) is 17.0 Å². The third kappa shape index (κ3) is 2.43. The predicted molar refractivity (Wildman–Crippen MR) is 73.5 cm³/mol. The molecular formula is C13H14FN3O5. The number of hydrogen-bond donors (Lipinski definition) is 1. The van der Waals surface area contributed by atoms with Gasteiger partial charge in [0.25, 0.3) is 5.69 Å². The number of nitro groups is 1. The first-order valence-corrected chi connectivity index (χ1v) is 6.77. The van der Waals surface area contributed by atoms with Gasteiger partial charge in [-0.25, -0.2) is 9.18 Å². The molecule has 9 heteroatoms. The highest BCUT2D eigenvalue weighted by Gasteiger charge is 2.42. The summed E-state index contributed by atoms with van der Waals surface area (Å²) in [5, 5.41) is 19.7. The van der Waals surface area contributed by atoms with Gasteiger partial charge in [-0.1, -0.05) is 0 Å². The fourth-order valence-electron chi connectivity index (χ4n) is 2.99. The zero-order chi connectivity index (χ0) is 15.9. The second kappa shape index (κ2) is 5.41. The van der Waals surface area contributed by atoms with E-state index < -0.39 is 16.8 Å². The van der Waals surface area contributed by atoms with Gasteiger partial charge in [-0.15, -0.1) is 0 Å². The topological polar surface area (TPSA) is 96.2 Å². The van der Waals surface area contributed by atoms with Gasteiger partial charge in [-0.3, -0.25) is 10.1 Å². The number of likely N-dealkylation sites (tertiary alicyclic amines) is 1. The molecule has 1 aromatic carbocycles. The molecule has 118 valence electrons. The van der Waals surface area contributed by atoms with E-state index in [2.05, 4.69) is 0 Å². The summed E-state index contributed by atoms with van der Waals surface area (Å²) < 4.78 is 19.7. The van der Waals surface area contributed by atoms with Crippen LogP contribution in [0.1, 0.15) is 0 Å². The Balaban J connectivity index is 1.88. The van der Waals surface area contributed by atoms with Gasteiger partial charge < -0.3 is 19.6 Å². The summed E-state index contributed by atoms with van der Waals surface area (Å²) in [5.41, 5.74) is -0.0826. The largest absolute Gasteiger partial charge is 0.465 e. The number of morpholine rings is 1. The van der Waals surface area contributed by atoms with E-state index in [4.69, 9.17) is 9.84 Å². The lowest BCUT2D eigenvalue weighted by Gasteiger charge is -2.38. The molecule has 0 spiro atoms. The third-order valence-corrected chi connectivity index (χ3v) is 4.02. The van der Waals surface area contributed by atoms with Crippen LogP contribution in [0.25, 0.3) is 0 Å². The number of benzene rings is 1. The normalized spacial score (nSPS) is 24.2. The van der Waals surface area contributed by atoms with Crippen molar-refractivity contribution >= 4 is 17.5 Å². The van der Waals surface area contributed by atoms with Crippen molar-refractivity contribution < 1.29 is 24.0 Å². The number of fused-ring (bicyclic) bond motifs is 1. The van der Waals surface area contributed by atoms with Gasteiger partial charge in [0.2, 0.25) is 0 Å². The maximum atomic E-state index is 14.2. The van der Waals surface area contributed by atoms with Crippen molar-refractivity contribution in [1.29, 1.82) is 0 Å². The van der Waals surface area contributed by atoms with Crippen LogP contribution in [-0.2, 0) is 4.74 Å². The molecule has 2 aliphatic rings. The number of rotatable bonds is 2. The highest BCUT2D eigenvalue weighted by atomic mass is 19.1. The van der Waals surface area contributed by atoms with Crippen molar-refractivity contribution in [3.63, 3.8) is 0 Å². The average Bonchev–Trinajstić information content (AvgIpc) is 2.91. The van der Waals surface area contributed by atoms with Crippen LogP contribution in [0.2, 0.25) is 0 Å². The average molecular weight is 311 g/mol. The van der Waals surface area contributed by atoms with Crippen molar-refractivity contribution in [1.82, 2.24) is 4.90 Å². The number of ether oxygens (including phenoxy) is 1. The maximum Gasteiger partial charge on any atom is 0.407 e. The first kappa shape index (κ1) is 14.5. The third-order valence-electron chi connectivity index (χ3n) is 4.02. The second-order valence-corrected chi connectivity index (χ2v) is 5.25. The number of amides is 1. The number of carbonyl (C=O) groups is 1. The Labute approximate surface area is 124 Å². The van der Waals surface area contributed by atoms with Gasteiger partial charge in [0, 0.05) is 19.2 Å². The fourth-order valence-corrected chi connectivity index (χ4v) is 2.99. The summed E-state index contributed by atoms with van der Waals surface area (Å²) in [6, 6.07) is 3.19.